The van der Waals surface area contributed by atoms with Crippen molar-refractivity contribution >= 4 is 63.2 Å². The maximum absolute atomic E-state index is 12.8. The number of carbonyl (C=O) groups excluding carboxylic acids is 1. The normalized spacial score (nSPS) is 10.7. The highest BCUT2D eigenvalue weighted by Crippen LogP contribution is 2.38. The number of fused-ring (bicyclic) bond motifs is 1. The van der Waals surface area contributed by atoms with Gasteiger partial charge in [-0.2, -0.15) is 0 Å². The molecule has 1 heterocycles. The first-order chi connectivity index (χ1) is 17.8. The van der Waals surface area contributed by atoms with Gasteiger partial charge in [-0.25, -0.2) is 4.98 Å². The van der Waals surface area contributed by atoms with Crippen molar-refractivity contribution in [1.82, 2.24) is 10.3 Å². The van der Waals surface area contributed by atoms with Gasteiger partial charge in [0.1, 0.15) is 17.0 Å². The zero-order valence-corrected chi connectivity index (χ0v) is 22.5. The summed E-state index contributed by atoms with van der Waals surface area (Å²) in [5.74, 6) is 1.38. The van der Waals surface area contributed by atoms with E-state index in [2.05, 4.69) is 15.6 Å². The number of carbonyl (C=O) groups is 1. The molecule has 2 N–H and O–H groups in total. The Hall–Kier alpha value is -3.53. The van der Waals surface area contributed by atoms with Crippen LogP contribution in [0.3, 0.4) is 0 Å². The molecule has 1 aromatic heterocycles. The Morgan fingerprint density at radius 2 is 1.65 bits per heavy atom. The third-order valence-electron chi connectivity index (χ3n) is 5.09. The van der Waals surface area contributed by atoms with Gasteiger partial charge in [-0.3, -0.25) is 10.1 Å². The number of benzene rings is 3. The summed E-state index contributed by atoms with van der Waals surface area (Å²) < 4.78 is 22.1. The van der Waals surface area contributed by atoms with Crippen molar-refractivity contribution in [1.29, 1.82) is 0 Å². The van der Waals surface area contributed by atoms with Crippen LogP contribution in [0.25, 0.3) is 22.6 Å². The molecular weight excluding hydrogens is 537 g/mol. The molecule has 192 valence electrons. The van der Waals surface area contributed by atoms with Gasteiger partial charge in [-0.1, -0.05) is 23.2 Å². The maximum atomic E-state index is 12.8. The molecule has 3 aromatic carbocycles. The fourth-order valence-corrected chi connectivity index (χ4v) is 4.40. The number of oxazole rings is 1. The summed E-state index contributed by atoms with van der Waals surface area (Å²) in [6.07, 6.45) is 0. The van der Waals surface area contributed by atoms with Crippen molar-refractivity contribution in [3.05, 3.63) is 64.1 Å². The molecule has 0 bridgehead atoms. The molecule has 0 atom stereocenters. The molecule has 0 fully saturated rings. The number of thiocarbonyl (C=S) groups is 1. The zero-order chi connectivity index (χ0) is 26.5. The smallest absolute Gasteiger partial charge is 0.257 e. The summed E-state index contributed by atoms with van der Waals surface area (Å²) in [7, 11) is 1.49. The van der Waals surface area contributed by atoms with Crippen LogP contribution in [-0.4, -0.2) is 36.3 Å². The summed E-state index contributed by atoms with van der Waals surface area (Å²) in [6.45, 7) is 4.65. The summed E-state index contributed by atoms with van der Waals surface area (Å²) in [6, 6.07) is 13.6. The van der Waals surface area contributed by atoms with Crippen molar-refractivity contribution in [3.8, 4) is 28.7 Å². The Morgan fingerprint density at radius 3 is 2.24 bits per heavy atom. The van der Waals surface area contributed by atoms with Crippen LogP contribution in [0.5, 0.6) is 17.2 Å². The molecule has 0 saturated heterocycles. The van der Waals surface area contributed by atoms with Gasteiger partial charge in [0.25, 0.3) is 5.91 Å². The summed E-state index contributed by atoms with van der Waals surface area (Å²) >= 11 is 17.8. The number of nitrogens with one attached hydrogen (secondary N) is 2. The fourth-order valence-electron chi connectivity index (χ4n) is 3.55. The third kappa shape index (κ3) is 6.25. The molecule has 0 saturated carbocycles. The van der Waals surface area contributed by atoms with Gasteiger partial charge >= 0.3 is 0 Å². The Morgan fingerprint density at radius 1 is 1.00 bits per heavy atom. The van der Waals surface area contributed by atoms with E-state index in [1.165, 1.54) is 7.11 Å². The largest absolute Gasteiger partial charge is 0.494 e. The molecule has 8 nitrogen and oxygen atoms in total. The predicted octanol–water partition coefficient (Wildman–Crippen LogP) is 6.73. The second-order valence-corrected chi connectivity index (χ2v) is 8.86. The summed E-state index contributed by atoms with van der Waals surface area (Å²) in [5.41, 5.74) is 2.69. The van der Waals surface area contributed by atoms with E-state index in [-0.39, 0.29) is 5.11 Å². The molecule has 0 aliphatic rings. The number of ether oxygens (including phenoxy) is 3. The number of nitrogens with zero attached hydrogens (tertiary/aromatic N) is 1. The first-order valence-electron chi connectivity index (χ1n) is 11.3. The molecule has 0 unspecified atom stereocenters. The average molecular weight is 560 g/mol. The molecule has 1 amide bonds. The van der Waals surface area contributed by atoms with E-state index < -0.39 is 5.91 Å². The topological polar surface area (TPSA) is 94.9 Å². The molecule has 4 aromatic rings. The van der Waals surface area contributed by atoms with Crippen LogP contribution in [0.1, 0.15) is 24.2 Å². The first-order valence-corrected chi connectivity index (χ1v) is 12.4. The number of hydrogen-bond acceptors (Lipinski definition) is 7. The maximum Gasteiger partial charge on any atom is 0.257 e. The monoisotopic (exact) mass is 559 g/mol. The number of anilines is 1. The van der Waals surface area contributed by atoms with Crippen molar-refractivity contribution in [2.24, 2.45) is 0 Å². The van der Waals surface area contributed by atoms with E-state index in [0.717, 1.165) is 0 Å². The average Bonchev–Trinajstić information content (AvgIpc) is 3.27. The zero-order valence-electron chi connectivity index (χ0n) is 20.2. The number of methoxy groups -OCH3 is 1. The number of aromatic nitrogens is 1. The second-order valence-electron chi connectivity index (χ2n) is 7.64. The Labute approximate surface area is 228 Å². The van der Waals surface area contributed by atoms with Gasteiger partial charge in [0.05, 0.1) is 30.4 Å². The van der Waals surface area contributed by atoms with Gasteiger partial charge < -0.3 is 23.9 Å². The van der Waals surface area contributed by atoms with Gasteiger partial charge in [-0.05, 0) is 68.5 Å². The molecule has 0 aliphatic carbocycles. The molecule has 37 heavy (non-hydrogen) atoms. The first kappa shape index (κ1) is 26.5. The highest BCUT2D eigenvalue weighted by atomic mass is 35.5. The molecular formula is C26H23Cl2N3O5S. The predicted molar refractivity (Wildman–Crippen MR) is 148 cm³/mol. The number of amides is 1. The van der Waals surface area contributed by atoms with Crippen molar-refractivity contribution < 1.29 is 23.4 Å². The molecule has 0 radical (unpaired) electrons. The Bertz CT molecular complexity index is 1430. The van der Waals surface area contributed by atoms with Crippen LogP contribution >= 0.6 is 35.4 Å². The van der Waals surface area contributed by atoms with E-state index in [1.54, 1.807) is 48.5 Å². The van der Waals surface area contributed by atoms with Crippen molar-refractivity contribution in [2.75, 3.05) is 25.6 Å². The lowest BCUT2D eigenvalue weighted by molar-refractivity contribution is 0.0976. The van der Waals surface area contributed by atoms with Gasteiger partial charge in [-0.15, -0.1) is 0 Å². The molecule has 11 heteroatoms. The van der Waals surface area contributed by atoms with Crippen molar-refractivity contribution in [2.45, 2.75) is 13.8 Å². The van der Waals surface area contributed by atoms with E-state index in [0.29, 0.717) is 74.3 Å². The van der Waals surface area contributed by atoms with Crippen LogP contribution in [0.4, 0.5) is 5.69 Å². The number of rotatable bonds is 8. The van der Waals surface area contributed by atoms with E-state index >= 15 is 0 Å². The lowest BCUT2D eigenvalue weighted by atomic mass is 10.2. The summed E-state index contributed by atoms with van der Waals surface area (Å²) in [4.78, 5) is 17.4. The number of halogens is 2. The highest BCUT2D eigenvalue weighted by molar-refractivity contribution is 7.80. The Kier molecular flexibility index (Phi) is 8.38. The van der Waals surface area contributed by atoms with Crippen LogP contribution in [0.15, 0.2) is 52.9 Å². The van der Waals surface area contributed by atoms with Crippen molar-refractivity contribution in [3.63, 3.8) is 0 Å². The fraction of sp³-hybridized carbons (Fsp3) is 0.192. The van der Waals surface area contributed by atoms with E-state index in [1.807, 2.05) is 13.8 Å². The van der Waals surface area contributed by atoms with Crippen LogP contribution in [0, 0.1) is 0 Å². The van der Waals surface area contributed by atoms with Crippen LogP contribution in [0.2, 0.25) is 10.0 Å². The molecule has 4 rings (SSSR count). The standard InChI is InChI=1S/C26H23Cl2N3O5S/c1-4-34-17-8-14(9-18(13-17)35-5-2)24(32)31-26(37)29-16-6-7-22-21(12-16)30-25(36-22)15-10-19(27)23(33-3)20(28)11-15/h6-13H,4-5H2,1-3H3,(H2,29,31,32,37). The summed E-state index contributed by atoms with van der Waals surface area (Å²) in [5, 5.41) is 6.46. The Balaban J connectivity index is 1.49. The quantitative estimate of drug-likeness (QED) is 0.229. The van der Waals surface area contributed by atoms with E-state index in [4.69, 9.17) is 54.0 Å². The SMILES string of the molecule is CCOc1cc(OCC)cc(C(=O)NC(=S)Nc2ccc3oc(-c4cc(Cl)c(OC)c(Cl)c4)nc3c2)c1. The lowest BCUT2D eigenvalue weighted by Crippen LogP contribution is -2.34. The van der Waals surface area contributed by atoms with Crippen LogP contribution < -0.4 is 24.8 Å². The van der Waals surface area contributed by atoms with Gasteiger partial charge in [0.2, 0.25) is 5.89 Å². The molecule has 0 spiro atoms. The van der Waals surface area contributed by atoms with E-state index in [9.17, 15) is 4.79 Å². The lowest BCUT2D eigenvalue weighted by Gasteiger charge is -2.12. The minimum absolute atomic E-state index is 0.113. The van der Waals surface area contributed by atoms with Crippen LogP contribution in [-0.2, 0) is 0 Å². The highest BCUT2D eigenvalue weighted by Gasteiger charge is 2.16. The van der Waals surface area contributed by atoms with Gasteiger partial charge in [0, 0.05) is 22.9 Å². The third-order valence-corrected chi connectivity index (χ3v) is 5.85. The van der Waals surface area contributed by atoms with Gasteiger partial charge in [0.15, 0.2) is 16.4 Å². The number of hydrogen-bond donors (Lipinski definition) is 2. The minimum atomic E-state index is -0.405. The minimum Gasteiger partial charge on any atom is -0.494 e. The molecule has 0 aliphatic heterocycles. The second kappa shape index (κ2) is 11.7.